The summed E-state index contributed by atoms with van der Waals surface area (Å²) in [7, 11) is -3.85. The number of carboxylic acid groups (broad SMARTS) is 1. The number of aliphatic carboxylic acids is 1. The number of hydrogen-bond donors (Lipinski definition) is 0. The van der Waals surface area contributed by atoms with Gasteiger partial charge in [0.15, 0.2) is 9.84 Å². The quantitative estimate of drug-likeness (QED) is 0.321. The number of carbonyl (C=O) groups is 1. The van der Waals surface area contributed by atoms with Crippen LogP contribution in [0.5, 0.6) is 0 Å². The van der Waals surface area contributed by atoms with Crippen LogP contribution in [0.3, 0.4) is 0 Å². The van der Waals surface area contributed by atoms with Crippen molar-refractivity contribution in [3.05, 3.63) is 33.9 Å². The van der Waals surface area contributed by atoms with E-state index in [1.54, 1.807) is 0 Å². The van der Waals surface area contributed by atoms with Crippen molar-refractivity contribution < 1.29 is 52.8 Å². The topological polar surface area (TPSA) is 117 Å². The second-order valence-corrected chi connectivity index (χ2v) is 5.76. The number of nitro benzene ring substituents is 1. The standard InChI is InChI=1S/C10H11NO6S.Na/c1-7-2-3-8(6-9(7)11(14)15)18(16,17)5-4-10(12)13;/h2-3,6H,4-5H2,1H3,(H,12,13);/q;+1/p-1. The molecule has 0 saturated carbocycles. The number of carbonyl (C=O) groups excluding carboxylic acids is 1. The maximum absolute atomic E-state index is 11.7. The molecule has 0 amide bonds. The Morgan fingerprint density at radius 1 is 1.37 bits per heavy atom. The Balaban J connectivity index is 0.00000324. The second kappa shape index (κ2) is 6.99. The molecule has 0 aromatic heterocycles. The maximum atomic E-state index is 11.7. The van der Waals surface area contributed by atoms with Gasteiger partial charge in [-0.1, -0.05) is 6.07 Å². The van der Waals surface area contributed by atoms with Crippen LogP contribution in [0.1, 0.15) is 12.0 Å². The van der Waals surface area contributed by atoms with Gasteiger partial charge in [-0.05, 0) is 13.0 Å². The number of rotatable bonds is 5. The van der Waals surface area contributed by atoms with Crippen molar-refractivity contribution in [1.29, 1.82) is 0 Å². The third-order valence-corrected chi connectivity index (χ3v) is 4.03. The number of benzene rings is 1. The first-order valence-corrected chi connectivity index (χ1v) is 6.57. The molecule has 0 bridgehead atoms. The molecular formula is C10H10NNaO6S. The fraction of sp³-hybridized carbons (Fsp3) is 0.300. The minimum Gasteiger partial charge on any atom is -0.550 e. The van der Waals surface area contributed by atoms with Crippen LogP contribution in [0, 0.1) is 17.0 Å². The summed E-state index contributed by atoms with van der Waals surface area (Å²) < 4.78 is 23.4. The average molecular weight is 295 g/mol. The molecule has 0 aliphatic heterocycles. The summed E-state index contributed by atoms with van der Waals surface area (Å²) in [6.07, 6.45) is -0.649. The van der Waals surface area contributed by atoms with Gasteiger partial charge in [0.05, 0.1) is 15.6 Å². The van der Waals surface area contributed by atoms with Crippen LogP contribution in [0.2, 0.25) is 0 Å². The van der Waals surface area contributed by atoms with E-state index in [1.165, 1.54) is 19.1 Å². The molecule has 98 valence electrons. The summed E-state index contributed by atoms with van der Waals surface area (Å²) in [5.74, 6) is -2.13. The smallest absolute Gasteiger partial charge is 0.550 e. The normalized spacial score (nSPS) is 10.6. The zero-order chi connectivity index (χ0) is 13.9. The predicted molar refractivity (Wildman–Crippen MR) is 59.5 cm³/mol. The fourth-order valence-corrected chi connectivity index (χ4v) is 2.55. The van der Waals surface area contributed by atoms with E-state index < -0.39 is 32.9 Å². The number of nitro groups is 1. The third kappa shape index (κ3) is 4.90. The summed E-state index contributed by atoms with van der Waals surface area (Å²) in [4.78, 5) is 19.9. The fourth-order valence-electron chi connectivity index (χ4n) is 1.31. The summed E-state index contributed by atoms with van der Waals surface area (Å²) in [5.41, 5.74) is 0.0170. The van der Waals surface area contributed by atoms with Gasteiger partial charge in [0, 0.05) is 24.0 Å². The molecule has 0 spiro atoms. The van der Waals surface area contributed by atoms with Crippen molar-refractivity contribution in [2.45, 2.75) is 18.2 Å². The van der Waals surface area contributed by atoms with E-state index >= 15 is 0 Å². The molecule has 19 heavy (non-hydrogen) atoms. The van der Waals surface area contributed by atoms with Crippen LogP contribution >= 0.6 is 0 Å². The van der Waals surface area contributed by atoms with Crippen molar-refractivity contribution in [2.75, 3.05) is 5.75 Å². The zero-order valence-corrected chi connectivity index (χ0v) is 13.3. The van der Waals surface area contributed by atoms with Crippen molar-refractivity contribution in [3.8, 4) is 0 Å². The van der Waals surface area contributed by atoms with Gasteiger partial charge in [-0.3, -0.25) is 10.1 Å². The summed E-state index contributed by atoms with van der Waals surface area (Å²) in [6.45, 7) is 1.48. The molecule has 0 saturated heterocycles. The Morgan fingerprint density at radius 2 is 1.95 bits per heavy atom. The average Bonchev–Trinajstić information content (AvgIpc) is 2.26. The first kappa shape index (κ1) is 18.0. The molecule has 0 aliphatic rings. The zero-order valence-electron chi connectivity index (χ0n) is 10.5. The number of sulfone groups is 1. The van der Waals surface area contributed by atoms with Gasteiger partial charge in [0.2, 0.25) is 0 Å². The maximum Gasteiger partial charge on any atom is 1.00 e. The van der Waals surface area contributed by atoms with E-state index in [0.29, 0.717) is 5.56 Å². The van der Waals surface area contributed by atoms with Crippen LogP contribution in [0.4, 0.5) is 5.69 Å². The van der Waals surface area contributed by atoms with Gasteiger partial charge in [0.1, 0.15) is 0 Å². The molecule has 0 radical (unpaired) electrons. The van der Waals surface area contributed by atoms with E-state index in [0.717, 1.165) is 6.07 Å². The molecular weight excluding hydrogens is 285 g/mol. The van der Waals surface area contributed by atoms with Crippen molar-refractivity contribution in [2.24, 2.45) is 0 Å². The minimum atomic E-state index is -3.85. The van der Waals surface area contributed by atoms with Gasteiger partial charge >= 0.3 is 29.6 Å². The monoisotopic (exact) mass is 295 g/mol. The molecule has 1 aromatic rings. The molecule has 7 nitrogen and oxygen atoms in total. The van der Waals surface area contributed by atoms with Gasteiger partial charge < -0.3 is 9.90 Å². The van der Waals surface area contributed by atoms with E-state index in [1.807, 2.05) is 0 Å². The van der Waals surface area contributed by atoms with E-state index in [2.05, 4.69) is 0 Å². The SMILES string of the molecule is Cc1ccc(S(=O)(=O)CCC(=O)[O-])cc1[N+](=O)[O-].[Na+]. The van der Waals surface area contributed by atoms with E-state index in [4.69, 9.17) is 0 Å². The molecule has 0 fully saturated rings. The van der Waals surface area contributed by atoms with Gasteiger partial charge in [-0.15, -0.1) is 0 Å². The predicted octanol–water partition coefficient (Wildman–Crippen LogP) is -3.18. The minimum absolute atomic E-state index is 0. The Morgan fingerprint density at radius 3 is 2.42 bits per heavy atom. The number of aryl methyl sites for hydroxylation is 1. The molecule has 0 heterocycles. The Bertz CT molecular complexity index is 598. The van der Waals surface area contributed by atoms with E-state index in [9.17, 15) is 28.4 Å². The summed E-state index contributed by atoms with van der Waals surface area (Å²) >= 11 is 0. The Hall–Kier alpha value is -0.960. The molecule has 0 aliphatic carbocycles. The Kier molecular flexibility index (Phi) is 6.64. The first-order valence-electron chi connectivity index (χ1n) is 4.91. The van der Waals surface area contributed by atoms with Crippen LogP contribution in [-0.2, 0) is 14.6 Å². The van der Waals surface area contributed by atoms with Crippen LogP contribution in [0.15, 0.2) is 23.1 Å². The van der Waals surface area contributed by atoms with Gasteiger partial charge in [-0.25, -0.2) is 8.42 Å². The molecule has 0 N–H and O–H groups in total. The van der Waals surface area contributed by atoms with Gasteiger partial charge in [-0.2, -0.15) is 0 Å². The summed E-state index contributed by atoms with van der Waals surface area (Å²) in [5, 5.41) is 20.9. The molecule has 0 unspecified atom stereocenters. The molecule has 1 rings (SSSR count). The van der Waals surface area contributed by atoms with Crippen molar-refractivity contribution >= 4 is 21.5 Å². The van der Waals surface area contributed by atoms with Crippen LogP contribution in [-0.4, -0.2) is 25.1 Å². The second-order valence-electron chi connectivity index (χ2n) is 3.65. The molecule has 1 aromatic carbocycles. The molecule has 0 atom stereocenters. The van der Waals surface area contributed by atoms with Crippen LogP contribution in [0.25, 0.3) is 0 Å². The van der Waals surface area contributed by atoms with Gasteiger partial charge in [0.25, 0.3) is 5.69 Å². The Labute approximate surface area is 132 Å². The number of hydrogen-bond acceptors (Lipinski definition) is 6. The molecule has 9 heteroatoms. The third-order valence-electron chi connectivity index (χ3n) is 2.31. The number of carboxylic acids is 1. The van der Waals surface area contributed by atoms with E-state index in [-0.39, 0.29) is 40.1 Å². The first-order chi connectivity index (χ1) is 8.24. The summed E-state index contributed by atoms with van der Waals surface area (Å²) in [6, 6.07) is 3.46. The van der Waals surface area contributed by atoms with Crippen molar-refractivity contribution in [1.82, 2.24) is 0 Å². The number of nitrogens with zero attached hydrogens (tertiary/aromatic N) is 1. The van der Waals surface area contributed by atoms with Crippen molar-refractivity contribution in [3.63, 3.8) is 0 Å². The van der Waals surface area contributed by atoms with Crippen LogP contribution < -0.4 is 34.7 Å². The largest absolute Gasteiger partial charge is 1.00 e.